The molecule has 1 nitrogen and oxygen atoms in total. The zero-order chi connectivity index (χ0) is 44.3. The van der Waals surface area contributed by atoms with Gasteiger partial charge >= 0.3 is 0 Å². The average Bonchev–Trinajstić information content (AvgIpc) is 3.41. The van der Waals surface area contributed by atoms with Crippen molar-refractivity contribution >= 4 is 81.7 Å². The molecule has 0 aliphatic rings. The van der Waals surface area contributed by atoms with Crippen LogP contribution in [0.15, 0.2) is 261 Å². The molecule has 0 aliphatic carbocycles. The van der Waals surface area contributed by atoms with Crippen LogP contribution in [0.4, 0.5) is 17.1 Å². The summed E-state index contributed by atoms with van der Waals surface area (Å²) in [5.41, 5.74) is 12.8. The molecule has 13 aromatic carbocycles. The zero-order valence-corrected chi connectivity index (χ0v) is 36.8. The van der Waals surface area contributed by atoms with Gasteiger partial charge in [-0.25, -0.2) is 0 Å². The molecular formula is C66H43N. The summed E-state index contributed by atoms with van der Waals surface area (Å²) in [5, 5.41) is 15.0. The summed E-state index contributed by atoms with van der Waals surface area (Å²) in [4.78, 5) is 2.49. The molecule has 0 amide bonds. The summed E-state index contributed by atoms with van der Waals surface area (Å²) in [6.45, 7) is 0. The summed E-state index contributed by atoms with van der Waals surface area (Å²) < 4.78 is 0. The number of anilines is 3. The molecule has 13 rings (SSSR count). The Morgan fingerprint density at radius 1 is 0.194 bits per heavy atom. The molecule has 312 valence electrons. The summed E-state index contributed by atoms with van der Waals surface area (Å²) in [6, 6.07) is 96.0. The first-order valence-corrected chi connectivity index (χ1v) is 23.2. The third kappa shape index (κ3) is 6.63. The van der Waals surface area contributed by atoms with Crippen molar-refractivity contribution in [3.63, 3.8) is 0 Å². The Morgan fingerprint density at radius 2 is 0.582 bits per heavy atom. The third-order valence-electron chi connectivity index (χ3n) is 13.8. The number of rotatable bonds is 7. The maximum absolute atomic E-state index is 2.49. The van der Waals surface area contributed by atoms with Crippen molar-refractivity contribution in [1.82, 2.24) is 0 Å². The number of hydrogen-bond acceptors (Lipinski definition) is 1. The van der Waals surface area contributed by atoms with Crippen molar-refractivity contribution in [2.75, 3.05) is 4.90 Å². The van der Waals surface area contributed by atoms with Crippen LogP contribution in [0, 0.1) is 0 Å². The molecule has 0 aliphatic heterocycles. The molecule has 0 heterocycles. The first-order valence-electron chi connectivity index (χ1n) is 23.2. The fourth-order valence-electron chi connectivity index (χ4n) is 10.6. The van der Waals surface area contributed by atoms with Crippen molar-refractivity contribution in [1.29, 1.82) is 0 Å². The van der Waals surface area contributed by atoms with Crippen LogP contribution in [0.25, 0.3) is 109 Å². The lowest BCUT2D eigenvalue weighted by Gasteiger charge is -2.31. The Labute approximate surface area is 390 Å². The van der Waals surface area contributed by atoms with Gasteiger partial charge in [0.2, 0.25) is 0 Å². The first kappa shape index (κ1) is 38.7. The molecule has 67 heavy (non-hydrogen) atoms. The van der Waals surface area contributed by atoms with Gasteiger partial charge in [-0.2, -0.15) is 0 Å². The maximum atomic E-state index is 2.49. The monoisotopic (exact) mass is 849 g/mol. The standard InChI is InChI=1S/C66H43N/c1-2-15-44(16-3-1)49-19-14-20-52(42-49)65-62-27-12-10-24-58(62)59-25-11-13-28-63(59)66(65)67(53-36-31-46(32-37-53)50-30-29-45-17-4-5-18-48(45)41-50)54-38-33-47(34-39-54)51-35-40-61-57-23-7-6-21-55(57)56-22-8-9-26-60(56)64(61)43-51/h1-43H. The van der Waals surface area contributed by atoms with E-state index in [1.54, 1.807) is 0 Å². The van der Waals surface area contributed by atoms with Crippen LogP contribution in [-0.4, -0.2) is 0 Å². The van der Waals surface area contributed by atoms with Gasteiger partial charge in [0, 0.05) is 22.3 Å². The van der Waals surface area contributed by atoms with Gasteiger partial charge in [0.1, 0.15) is 0 Å². The quantitative estimate of drug-likeness (QED) is 0.144. The summed E-state index contributed by atoms with van der Waals surface area (Å²) in [6.07, 6.45) is 0. The van der Waals surface area contributed by atoms with Crippen LogP contribution in [0.2, 0.25) is 0 Å². The minimum atomic E-state index is 1.08. The maximum Gasteiger partial charge on any atom is 0.0624 e. The second-order valence-electron chi connectivity index (χ2n) is 17.6. The van der Waals surface area contributed by atoms with E-state index in [-0.39, 0.29) is 0 Å². The molecule has 1 heteroatoms. The predicted octanol–water partition coefficient (Wildman–Crippen LogP) is 18.7. The molecule has 0 aromatic heterocycles. The lowest BCUT2D eigenvalue weighted by molar-refractivity contribution is 1.30. The van der Waals surface area contributed by atoms with Crippen molar-refractivity contribution in [2.45, 2.75) is 0 Å². The van der Waals surface area contributed by atoms with E-state index in [9.17, 15) is 0 Å². The highest BCUT2D eigenvalue weighted by atomic mass is 15.1. The van der Waals surface area contributed by atoms with E-state index in [2.05, 4.69) is 266 Å². The lowest BCUT2D eigenvalue weighted by Crippen LogP contribution is -2.12. The average molecular weight is 850 g/mol. The number of fused-ring (bicyclic) bond motifs is 10. The van der Waals surface area contributed by atoms with E-state index in [0.717, 1.165) is 17.1 Å². The molecule has 0 N–H and O–H groups in total. The Bertz CT molecular complexity index is 3980. The molecule has 0 saturated heterocycles. The largest absolute Gasteiger partial charge is 0.309 e. The van der Waals surface area contributed by atoms with E-state index < -0.39 is 0 Å². The molecule has 0 saturated carbocycles. The molecule has 0 spiro atoms. The van der Waals surface area contributed by atoms with E-state index >= 15 is 0 Å². The van der Waals surface area contributed by atoms with Gasteiger partial charge in [-0.3, -0.25) is 0 Å². The van der Waals surface area contributed by atoms with Gasteiger partial charge < -0.3 is 4.90 Å². The van der Waals surface area contributed by atoms with Crippen molar-refractivity contribution < 1.29 is 0 Å². The Morgan fingerprint density at radius 3 is 1.21 bits per heavy atom. The van der Waals surface area contributed by atoms with E-state index in [4.69, 9.17) is 0 Å². The molecular weight excluding hydrogens is 807 g/mol. The fraction of sp³-hybridized carbons (Fsp3) is 0. The number of benzene rings is 13. The minimum absolute atomic E-state index is 1.08. The van der Waals surface area contributed by atoms with Gasteiger partial charge in [0.15, 0.2) is 0 Å². The van der Waals surface area contributed by atoms with Crippen LogP contribution >= 0.6 is 0 Å². The predicted molar refractivity (Wildman–Crippen MR) is 288 cm³/mol. The molecule has 0 atom stereocenters. The highest BCUT2D eigenvalue weighted by Gasteiger charge is 2.24. The third-order valence-corrected chi connectivity index (χ3v) is 13.8. The van der Waals surface area contributed by atoms with Crippen LogP contribution in [0.3, 0.4) is 0 Å². The Kier molecular flexibility index (Phi) is 9.25. The van der Waals surface area contributed by atoms with Crippen LogP contribution in [0.1, 0.15) is 0 Å². The number of nitrogens with zero attached hydrogens (tertiary/aromatic N) is 1. The fourth-order valence-corrected chi connectivity index (χ4v) is 10.6. The van der Waals surface area contributed by atoms with Crippen LogP contribution in [-0.2, 0) is 0 Å². The molecule has 13 aromatic rings. The molecule has 0 unspecified atom stereocenters. The van der Waals surface area contributed by atoms with Crippen LogP contribution < -0.4 is 4.90 Å². The second kappa shape index (κ2) is 16.0. The normalized spacial score (nSPS) is 11.6. The van der Waals surface area contributed by atoms with E-state index in [1.807, 2.05) is 0 Å². The Hall–Kier alpha value is -8.78. The highest BCUT2D eigenvalue weighted by molar-refractivity contribution is 6.26. The van der Waals surface area contributed by atoms with Crippen molar-refractivity contribution in [3.8, 4) is 44.5 Å². The van der Waals surface area contributed by atoms with E-state index in [0.29, 0.717) is 0 Å². The summed E-state index contributed by atoms with van der Waals surface area (Å²) in [5.74, 6) is 0. The Balaban J connectivity index is 1.03. The summed E-state index contributed by atoms with van der Waals surface area (Å²) >= 11 is 0. The SMILES string of the molecule is c1ccc(-c2cccc(-c3c(N(c4ccc(-c5ccc6ccccc6c5)cc4)c4ccc(-c5ccc6c7ccccc7c7ccccc7c6c5)cc4)c4ccccc4c4ccccc34)c2)cc1. The number of hydrogen-bond donors (Lipinski definition) is 0. The molecule has 0 fully saturated rings. The minimum Gasteiger partial charge on any atom is -0.309 e. The smallest absolute Gasteiger partial charge is 0.0624 e. The molecule has 0 radical (unpaired) electrons. The van der Waals surface area contributed by atoms with Gasteiger partial charge in [0.05, 0.1) is 5.69 Å². The first-order chi connectivity index (χ1) is 33.2. The highest BCUT2D eigenvalue weighted by Crippen LogP contribution is 2.50. The van der Waals surface area contributed by atoms with E-state index in [1.165, 1.54) is 109 Å². The second-order valence-corrected chi connectivity index (χ2v) is 17.6. The van der Waals surface area contributed by atoms with Crippen LogP contribution in [0.5, 0.6) is 0 Å². The van der Waals surface area contributed by atoms with Gasteiger partial charge in [-0.15, -0.1) is 0 Å². The van der Waals surface area contributed by atoms with Gasteiger partial charge in [-0.05, 0) is 141 Å². The zero-order valence-electron chi connectivity index (χ0n) is 36.8. The van der Waals surface area contributed by atoms with Crippen molar-refractivity contribution in [3.05, 3.63) is 261 Å². The summed E-state index contributed by atoms with van der Waals surface area (Å²) in [7, 11) is 0. The van der Waals surface area contributed by atoms with Crippen molar-refractivity contribution in [2.24, 2.45) is 0 Å². The topological polar surface area (TPSA) is 3.24 Å². The van der Waals surface area contributed by atoms with Gasteiger partial charge in [0.25, 0.3) is 0 Å². The lowest BCUT2D eigenvalue weighted by atomic mass is 9.88. The molecule has 0 bridgehead atoms. The van der Waals surface area contributed by atoms with Gasteiger partial charge in [-0.1, -0.05) is 218 Å².